The highest BCUT2D eigenvalue weighted by atomic mass is 16.4. The maximum absolute atomic E-state index is 8.99. The quantitative estimate of drug-likeness (QED) is 0.381. The molecule has 0 saturated carbocycles. The van der Waals surface area contributed by atoms with E-state index in [2.05, 4.69) is 15.1 Å². The second kappa shape index (κ2) is 5.82. The Morgan fingerprint density at radius 3 is 2.76 bits per heavy atom. The van der Waals surface area contributed by atoms with Gasteiger partial charge in [-0.2, -0.15) is 0 Å². The zero-order valence-electron chi connectivity index (χ0n) is 12.7. The summed E-state index contributed by atoms with van der Waals surface area (Å²) in [6, 6.07) is 1.92. The summed E-state index contributed by atoms with van der Waals surface area (Å²) in [6.45, 7) is 4.37. The fraction of sp³-hybridized carbons (Fsp3) is 0.357. The molecule has 0 bridgehead atoms. The minimum atomic E-state index is 0.0571. The molecule has 0 atom stereocenters. The monoisotopic (exact) mass is 288 g/mol. The van der Waals surface area contributed by atoms with Gasteiger partial charge in [0.2, 0.25) is 0 Å². The van der Waals surface area contributed by atoms with Crippen molar-refractivity contribution in [3.05, 3.63) is 41.2 Å². The molecule has 3 N–H and O–H groups in total. The highest BCUT2D eigenvalue weighted by Crippen LogP contribution is 2.24. The lowest BCUT2D eigenvalue weighted by Crippen LogP contribution is -2.25. The molecule has 2 aromatic heterocycles. The summed E-state index contributed by atoms with van der Waals surface area (Å²) in [6.07, 6.45) is 3.66. The van der Waals surface area contributed by atoms with Gasteiger partial charge in [0.1, 0.15) is 5.82 Å². The number of hydrogen-bond acceptors (Lipinski definition) is 5. The first-order valence-electron chi connectivity index (χ1n) is 6.57. The van der Waals surface area contributed by atoms with Crippen molar-refractivity contribution in [2.24, 2.45) is 17.9 Å². The number of pyridine rings is 1. The highest BCUT2D eigenvalue weighted by Gasteiger charge is 2.17. The molecule has 0 radical (unpaired) electrons. The first-order valence-corrected chi connectivity index (χ1v) is 6.57. The minimum Gasteiger partial charge on any atom is -0.409 e. The smallest absolute Gasteiger partial charge is 0.174 e. The average Bonchev–Trinajstić information content (AvgIpc) is 2.82. The van der Waals surface area contributed by atoms with Crippen molar-refractivity contribution in [2.45, 2.75) is 20.4 Å². The van der Waals surface area contributed by atoms with E-state index < -0.39 is 0 Å². The van der Waals surface area contributed by atoms with Crippen LogP contribution in [0.3, 0.4) is 0 Å². The van der Waals surface area contributed by atoms with Crippen LogP contribution in [0.25, 0.3) is 0 Å². The Kier molecular flexibility index (Phi) is 4.11. The molecule has 0 aromatic carbocycles. The van der Waals surface area contributed by atoms with Crippen molar-refractivity contribution in [3.8, 4) is 0 Å². The standard InChI is InChI=1S/C14H20N6O/c1-9-7-11(13(10(2)17-9)14(15)18-21)20(4)8-12-16-5-6-19(12)3/h5-7,21H,8H2,1-4H3,(H2,15,18). The Hall–Kier alpha value is -2.57. The minimum absolute atomic E-state index is 0.0571. The lowest BCUT2D eigenvalue weighted by atomic mass is 10.1. The van der Waals surface area contributed by atoms with E-state index in [9.17, 15) is 0 Å². The van der Waals surface area contributed by atoms with Gasteiger partial charge >= 0.3 is 0 Å². The maximum Gasteiger partial charge on any atom is 0.174 e. The zero-order valence-corrected chi connectivity index (χ0v) is 12.7. The summed E-state index contributed by atoms with van der Waals surface area (Å²) in [4.78, 5) is 10.7. The molecule has 0 aliphatic heterocycles. The van der Waals surface area contributed by atoms with Gasteiger partial charge in [-0.15, -0.1) is 0 Å². The van der Waals surface area contributed by atoms with Crippen molar-refractivity contribution in [1.29, 1.82) is 0 Å². The van der Waals surface area contributed by atoms with Crippen LogP contribution in [0.2, 0.25) is 0 Å². The molecular formula is C14H20N6O. The predicted molar refractivity (Wildman–Crippen MR) is 81.5 cm³/mol. The summed E-state index contributed by atoms with van der Waals surface area (Å²) in [5.74, 6) is 0.983. The Labute approximate surface area is 123 Å². The lowest BCUT2D eigenvalue weighted by molar-refractivity contribution is 0.318. The lowest BCUT2D eigenvalue weighted by Gasteiger charge is -2.23. The summed E-state index contributed by atoms with van der Waals surface area (Å²) in [7, 11) is 3.89. The van der Waals surface area contributed by atoms with Gasteiger partial charge in [-0.05, 0) is 19.9 Å². The molecule has 21 heavy (non-hydrogen) atoms. The van der Waals surface area contributed by atoms with Crippen LogP contribution in [-0.4, -0.2) is 32.6 Å². The highest BCUT2D eigenvalue weighted by molar-refractivity contribution is 6.03. The van der Waals surface area contributed by atoms with Crippen molar-refractivity contribution in [1.82, 2.24) is 14.5 Å². The first-order chi connectivity index (χ1) is 9.93. The summed E-state index contributed by atoms with van der Waals surface area (Å²) in [5.41, 5.74) is 8.90. The molecule has 0 saturated heterocycles. The molecule has 0 spiro atoms. The van der Waals surface area contributed by atoms with Crippen molar-refractivity contribution < 1.29 is 5.21 Å². The first kappa shape index (κ1) is 14.8. The van der Waals surface area contributed by atoms with E-state index in [1.54, 1.807) is 6.20 Å². The molecule has 7 heteroatoms. The van der Waals surface area contributed by atoms with Gasteiger partial charge in [-0.1, -0.05) is 5.16 Å². The van der Waals surface area contributed by atoms with E-state index in [0.717, 1.165) is 22.9 Å². The molecule has 0 fully saturated rings. The topological polar surface area (TPSA) is 92.6 Å². The zero-order chi connectivity index (χ0) is 15.6. The molecule has 7 nitrogen and oxygen atoms in total. The van der Waals surface area contributed by atoms with Crippen molar-refractivity contribution in [2.75, 3.05) is 11.9 Å². The number of nitrogens with two attached hydrogens (primary N) is 1. The van der Waals surface area contributed by atoms with Crippen LogP contribution >= 0.6 is 0 Å². The number of hydrogen-bond donors (Lipinski definition) is 2. The second-order valence-electron chi connectivity index (χ2n) is 5.04. The molecule has 0 unspecified atom stereocenters. The van der Waals surface area contributed by atoms with Crippen LogP contribution in [0.1, 0.15) is 22.8 Å². The third-order valence-corrected chi connectivity index (χ3v) is 3.38. The van der Waals surface area contributed by atoms with Crippen LogP contribution in [0.5, 0.6) is 0 Å². The largest absolute Gasteiger partial charge is 0.409 e. The van der Waals surface area contributed by atoms with Gasteiger partial charge in [0.25, 0.3) is 0 Å². The van der Waals surface area contributed by atoms with E-state index in [4.69, 9.17) is 10.9 Å². The van der Waals surface area contributed by atoms with Crippen LogP contribution in [0.15, 0.2) is 23.6 Å². The maximum atomic E-state index is 8.99. The van der Waals surface area contributed by atoms with E-state index in [0.29, 0.717) is 12.1 Å². The van der Waals surface area contributed by atoms with E-state index in [-0.39, 0.29) is 5.84 Å². The van der Waals surface area contributed by atoms with Crippen LogP contribution in [0, 0.1) is 13.8 Å². The van der Waals surface area contributed by atoms with Gasteiger partial charge < -0.3 is 20.4 Å². The average molecular weight is 288 g/mol. The van der Waals surface area contributed by atoms with Gasteiger partial charge in [0, 0.05) is 32.2 Å². The predicted octanol–water partition coefficient (Wildman–Crippen LogP) is 1.16. The van der Waals surface area contributed by atoms with Gasteiger partial charge in [-0.3, -0.25) is 4.98 Å². The number of rotatable bonds is 4. The SMILES string of the molecule is Cc1cc(N(C)Cc2nccn2C)c(/C(N)=N/O)c(C)n1. The van der Waals surface area contributed by atoms with E-state index >= 15 is 0 Å². The van der Waals surface area contributed by atoms with Crippen molar-refractivity contribution >= 4 is 11.5 Å². The third-order valence-electron chi connectivity index (χ3n) is 3.38. The molecule has 0 aliphatic carbocycles. The summed E-state index contributed by atoms with van der Waals surface area (Å²) >= 11 is 0. The second-order valence-corrected chi connectivity index (χ2v) is 5.04. The fourth-order valence-electron chi connectivity index (χ4n) is 2.32. The van der Waals surface area contributed by atoms with Gasteiger partial charge in [0.05, 0.1) is 23.5 Å². The van der Waals surface area contributed by atoms with Crippen LogP contribution < -0.4 is 10.6 Å². The Bertz CT molecular complexity index is 676. The number of nitrogens with zero attached hydrogens (tertiary/aromatic N) is 5. The molecule has 0 amide bonds. The number of oxime groups is 1. The third kappa shape index (κ3) is 2.96. The molecule has 2 aromatic rings. The molecule has 112 valence electrons. The molecule has 0 aliphatic rings. The molecular weight excluding hydrogens is 268 g/mol. The van der Waals surface area contributed by atoms with Crippen LogP contribution in [-0.2, 0) is 13.6 Å². The number of aromatic nitrogens is 3. The van der Waals surface area contributed by atoms with E-state index in [1.165, 1.54) is 0 Å². The number of aryl methyl sites for hydroxylation is 3. The Balaban J connectivity index is 2.44. The molecule has 2 rings (SSSR count). The Morgan fingerprint density at radius 1 is 1.48 bits per heavy atom. The van der Waals surface area contributed by atoms with Gasteiger partial charge in [-0.25, -0.2) is 4.98 Å². The van der Waals surface area contributed by atoms with Crippen LogP contribution in [0.4, 0.5) is 5.69 Å². The summed E-state index contributed by atoms with van der Waals surface area (Å²) < 4.78 is 1.96. The number of anilines is 1. The fourth-order valence-corrected chi connectivity index (χ4v) is 2.32. The van der Waals surface area contributed by atoms with E-state index in [1.807, 2.05) is 49.7 Å². The number of amidine groups is 1. The number of imidazole rings is 1. The molecule has 2 heterocycles. The Morgan fingerprint density at radius 2 is 2.19 bits per heavy atom. The summed E-state index contributed by atoms with van der Waals surface area (Å²) in [5, 5.41) is 12.1. The van der Waals surface area contributed by atoms with Crippen molar-refractivity contribution in [3.63, 3.8) is 0 Å². The van der Waals surface area contributed by atoms with Gasteiger partial charge in [0.15, 0.2) is 5.84 Å². The normalized spacial score (nSPS) is 11.7.